The number of benzene rings is 1. The summed E-state index contributed by atoms with van der Waals surface area (Å²) >= 11 is 5.01. The van der Waals surface area contributed by atoms with Gasteiger partial charge in [-0.2, -0.15) is 0 Å². The van der Waals surface area contributed by atoms with Gasteiger partial charge in [-0.3, -0.25) is 4.90 Å². The van der Waals surface area contributed by atoms with E-state index in [1.807, 2.05) is 6.07 Å². The topological polar surface area (TPSA) is 38.5 Å². The number of aryl methyl sites for hydroxylation is 1. The Kier molecular flexibility index (Phi) is 4.55. The molecular formula is C15H22N2OS. The monoisotopic (exact) mass is 278 g/mol. The maximum absolute atomic E-state index is 5.66. The van der Waals surface area contributed by atoms with Gasteiger partial charge in [0.15, 0.2) is 0 Å². The molecule has 104 valence electrons. The Bertz CT molecular complexity index is 475. The molecule has 2 N–H and O–H groups in total. The first-order valence-electron chi connectivity index (χ1n) is 6.70. The molecule has 0 aromatic heterocycles. The lowest BCUT2D eigenvalue weighted by Crippen LogP contribution is -2.36. The maximum Gasteiger partial charge on any atom is 0.103 e. The predicted molar refractivity (Wildman–Crippen MR) is 82.4 cm³/mol. The minimum absolute atomic E-state index is 0.321. The van der Waals surface area contributed by atoms with Gasteiger partial charge in [-0.25, -0.2) is 0 Å². The van der Waals surface area contributed by atoms with E-state index >= 15 is 0 Å². The van der Waals surface area contributed by atoms with Crippen LogP contribution in [0.1, 0.15) is 30.0 Å². The second-order valence-corrected chi connectivity index (χ2v) is 5.79. The van der Waals surface area contributed by atoms with Crippen LogP contribution in [-0.4, -0.2) is 35.7 Å². The molecule has 19 heavy (non-hydrogen) atoms. The number of hydrogen-bond acceptors (Lipinski definition) is 3. The molecule has 1 aromatic carbocycles. The lowest BCUT2D eigenvalue weighted by atomic mass is 10.0. The third-order valence-electron chi connectivity index (χ3n) is 3.95. The predicted octanol–water partition coefficient (Wildman–Crippen LogP) is 2.24. The molecule has 1 aliphatic rings. The van der Waals surface area contributed by atoms with Crippen LogP contribution in [0, 0.1) is 6.92 Å². The van der Waals surface area contributed by atoms with Crippen LogP contribution < -0.4 is 5.73 Å². The van der Waals surface area contributed by atoms with Gasteiger partial charge in [0.05, 0.1) is 6.10 Å². The van der Waals surface area contributed by atoms with Crippen molar-refractivity contribution in [2.45, 2.75) is 39.0 Å². The fourth-order valence-electron chi connectivity index (χ4n) is 2.71. The first-order chi connectivity index (χ1) is 8.99. The standard InChI is InChI=1S/C15H22N2OS/c1-10-8-12(15(16)19)4-5-13(10)9-17(3)14-6-7-18-11(14)2/h4-5,8,11,14H,6-7,9H2,1-3H3,(H2,16,19). The van der Waals surface area contributed by atoms with Crippen LogP contribution in [-0.2, 0) is 11.3 Å². The van der Waals surface area contributed by atoms with E-state index in [9.17, 15) is 0 Å². The summed E-state index contributed by atoms with van der Waals surface area (Å²) in [6.07, 6.45) is 1.43. The van der Waals surface area contributed by atoms with Crippen molar-refractivity contribution in [1.82, 2.24) is 4.90 Å². The Morgan fingerprint density at radius 1 is 1.53 bits per heavy atom. The highest BCUT2D eigenvalue weighted by atomic mass is 32.1. The molecule has 1 saturated heterocycles. The molecule has 0 radical (unpaired) electrons. The molecule has 0 amide bonds. The zero-order chi connectivity index (χ0) is 14.0. The molecule has 4 heteroatoms. The molecule has 0 spiro atoms. The summed E-state index contributed by atoms with van der Waals surface area (Å²) in [5.41, 5.74) is 9.16. The lowest BCUT2D eigenvalue weighted by molar-refractivity contribution is 0.0814. The lowest BCUT2D eigenvalue weighted by Gasteiger charge is -2.27. The van der Waals surface area contributed by atoms with Crippen LogP contribution in [0.2, 0.25) is 0 Å². The molecular weight excluding hydrogens is 256 g/mol. The second kappa shape index (κ2) is 5.99. The minimum atomic E-state index is 0.321. The number of ether oxygens (including phenoxy) is 1. The van der Waals surface area contributed by atoms with Gasteiger partial charge >= 0.3 is 0 Å². The number of nitrogens with two attached hydrogens (primary N) is 1. The van der Waals surface area contributed by atoms with Crippen molar-refractivity contribution < 1.29 is 4.74 Å². The Labute approximate surface area is 120 Å². The number of rotatable bonds is 4. The molecule has 1 heterocycles. The Morgan fingerprint density at radius 3 is 2.79 bits per heavy atom. The van der Waals surface area contributed by atoms with Crippen LogP contribution in [0.4, 0.5) is 0 Å². The maximum atomic E-state index is 5.66. The third-order valence-corrected chi connectivity index (χ3v) is 4.18. The van der Waals surface area contributed by atoms with Gasteiger partial charge in [0.25, 0.3) is 0 Å². The van der Waals surface area contributed by atoms with Gasteiger partial charge in [0, 0.05) is 24.8 Å². The van der Waals surface area contributed by atoms with Gasteiger partial charge in [-0.05, 0) is 44.5 Å². The van der Waals surface area contributed by atoms with Gasteiger partial charge in [-0.1, -0.05) is 24.4 Å². The van der Waals surface area contributed by atoms with Gasteiger partial charge in [0.2, 0.25) is 0 Å². The van der Waals surface area contributed by atoms with E-state index in [1.165, 1.54) is 11.1 Å². The van der Waals surface area contributed by atoms with Crippen molar-refractivity contribution in [3.63, 3.8) is 0 Å². The van der Waals surface area contributed by atoms with Crippen molar-refractivity contribution in [3.05, 3.63) is 34.9 Å². The summed E-state index contributed by atoms with van der Waals surface area (Å²) in [6, 6.07) is 6.71. The van der Waals surface area contributed by atoms with Crippen LogP contribution >= 0.6 is 12.2 Å². The van der Waals surface area contributed by atoms with Crippen molar-refractivity contribution in [2.24, 2.45) is 5.73 Å². The molecule has 0 bridgehead atoms. The zero-order valence-corrected chi connectivity index (χ0v) is 12.7. The number of thiocarbonyl (C=S) groups is 1. The largest absolute Gasteiger partial charge is 0.389 e. The summed E-state index contributed by atoms with van der Waals surface area (Å²) in [5.74, 6) is 0. The smallest absolute Gasteiger partial charge is 0.103 e. The first kappa shape index (κ1) is 14.4. The minimum Gasteiger partial charge on any atom is -0.389 e. The van der Waals surface area contributed by atoms with Crippen LogP contribution in [0.5, 0.6) is 0 Å². The summed E-state index contributed by atoms with van der Waals surface area (Å²) in [6.45, 7) is 6.06. The quantitative estimate of drug-likeness (QED) is 0.857. The second-order valence-electron chi connectivity index (χ2n) is 5.35. The number of likely N-dealkylation sites (N-methyl/N-ethyl adjacent to an activating group) is 1. The molecule has 1 fully saturated rings. The highest BCUT2D eigenvalue weighted by Gasteiger charge is 2.27. The summed E-state index contributed by atoms with van der Waals surface area (Å²) < 4.78 is 5.63. The van der Waals surface area contributed by atoms with Crippen molar-refractivity contribution in [1.29, 1.82) is 0 Å². The van der Waals surface area contributed by atoms with E-state index in [0.717, 1.165) is 25.1 Å². The van der Waals surface area contributed by atoms with Gasteiger partial charge < -0.3 is 10.5 Å². The molecule has 2 unspecified atom stereocenters. The van der Waals surface area contributed by atoms with E-state index in [2.05, 4.69) is 37.9 Å². The fraction of sp³-hybridized carbons (Fsp3) is 0.533. The summed E-state index contributed by atoms with van der Waals surface area (Å²) in [5, 5.41) is 0. The average molecular weight is 278 g/mol. The SMILES string of the molecule is Cc1cc(C(N)=S)ccc1CN(C)C1CCOC1C. The number of nitrogens with zero attached hydrogens (tertiary/aromatic N) is 1. The Morgan fingerprint density at radius 2 is 2.26 bits per heavy atom. The summed E-state index contributed by atoms with van der Waals surface area (Å²) in [4.78, 5) is 2.83. The van der Waals surface area contributed by atoms with E-state index in [-0.39, 0.29) is 0 Å². The van der Waals surface area contributed by atoms with Gasteiger partial charge in [-0.15, -0.1) is 0 Å². The van der Waals surface area contributed by atoms with Crippen molar-refractivity contribution in [2.75, 3.05) is 13.7 Å². The van der Waals surface area contributed by atoms with E-state index < -0.39 is 0 Å². The average Bonchev–Trinajstić information content (AvgIpc) is 2.77. The summed E-state index contributed by atoms with van der Waals surface area (Å²) in [7, 11) is 2.16. The molecule has 2 atom stereocenters. The third kappa shape index (κ3) is 3.32. The van der Waals surface area contributed by atoms with Crippen molar-refractivity contribution in [3.8, 4) is 0 Å². The van der Waals surface area contributed by atoms with E-state index in [1.54, 1.807) is 0 Å². The Balaban J connectivity index is 2.08. The highest BCUT2D eigenvalue weighted by molar-refractivity contribution is 7.80. The zero-order valence-electron chi connectivity index (χ0n) is 11.8. The number of hydrogen-bond donors (Lipinski definition) is 1. The van der Waals surface area contributed by atoms with Crippen LogP contribution in [0.25, 0.3) is 0 Å². The highest BCUT2D eigenvalue weighted by Crippen LogP contribution is 2.21. The molecule has 1 aromatic rings. The van der Waals surface area contributed by atoms with E-state index in [4.69, 9.17) is 22.7 Å². The normalized spacial score (nSPS) is 22.9. The molecule has 0 saturated carbocycles. The molecule has 2 rings (SSSR count). The molecule has 3 nitrogen and oxygen atoms in total. The Hall–Kier alpha value is -0.970. The molecule has 0 aliphatic carbocycles. The first-order valence-corrected chi connectivity index (χ1v) is 7.11. The van der Waals surface area contributed by atoms with Crippen LogP contribution in [0.3, 0.4) is 0 Å². The van der Waals surface area contributed by atoms with E-state index in [0.29, 0.717) is 17.1 Å². The van der Waals surface area contributed by atoms with Crippen molar-refractivity contribution >= 4 is 17.2 Å². The van der Waals surface area contributed by atoms with Crippen LogP contribution in [0.15, 0.2) is 18.2 Å². The van der Waals surface area contributed by atoms with Gasteiger partial charge in [0.1, 0.15) is 4.99 Å². The fourth-order valence-corrected chi connectivity index (χ4v) is 2.84. The molecule has 1 aliphatic heterocycles.